The molecule has 0 aliphatic heterocycles. The molecule has 0 aliphatic carbocycles. The Morgan fingerprint density at radius 1 is 1.23 bits per heavy atom. The van der Waals surface area contributed by atoms with Crippen LogP contribution in [0.25, 0.3) is 32.1 Å². The lowest BCUT2D eigenvalue weighted by atomic mass is 9.91. The zero-order valence-corrected chi connectivity index (χ0v) is 15.5. The molecule has 2 aromatic carbocycles. The third-order valence-corrected chi connectivity index (χ3v) is 5.93. The van der Waals surface area contributed by atoms with E-state index in [0.29, 0.717) is 11.2 Å². The van der Waals surface area contributed by atoms with E-state index in [0.717, 1.165) is 33.0 Å². The van der Waals surface area contributed by atoms with Crippen LogP contribution in [-0.4, -0.2) is 16.6 Å². The van der Waals surface area contributed by atoms with E-state index in [1.165, 1.54) is 16.9 Å². The molecule has 2 heterocycles. The monoisotopic (exact) mass is 364 g/mol. The molecule has 0 radical (unpaired) electrons. The van der Waals surface area contributed by atoms with E-state index in [9.17, 15) is 9.90 Å². The van der Waals surface area contributed by atoms with Crippen LogP contribution < -0.4 is 11.3 Å². The van der Waals surface area contributed by atoms with Crippen molar-refractivity contribution < 1.29 is 5.11 Å². The van der Waals surface area contributed by atoms with Gasteiger partial charge in [0.2, 0.25) is 0 Å². The summed E-state index contributed by atoms with van der Waals surface area (Å²) in [4.78, 5) is 15.2. The van der Waals surface area contributed by atoms with Crippen LogP contribution in [0, 0.1) is 6.92 Å². The number of phenols is 1. The minimum Gasteiger partial charge on any atom is -0.507 e. The number of fused-ring (bicyclic) bond motifs is 3. The number of phenolic OH excluding ortho intramolecular Hbond substituents is 1. The molecule has 0 amide bonds. The average Bonchev–Trinajstić information content (AvgIpc) is 3.12. The lowest BCUT2D eigenvalue weighted by molar-refractivity contribution is 0.478. The molecule has 132 valence electrons. The van der Waals surface area contributed by atoms with Crippen LogP contribution in [0.15, 0.2) is 46.6 Å². The molecule has 0 bridgehead atoms. The fraction of sp³-hybridized carbons (Fsp3) is 0.190. The topological polar surface area (TPSA) is 79.1 Å². The summed E-state index contributed by atoms with van der Waals surface area (Å²) in [6.07, 6.45) is 0. The van der Waals surface area contributed by atoms with Crippen LogP contribution in [-0.2, 0) is 0 Å². The van der Waals surface area contributed by atoms with Crippen LogP contribution in [0.5, 0.6) is 5.75 Å². The third kappa shape index (κ3) is 2.52. The number of hydrogen-bond acceptors (Lipinski definition) is 4. The van der Waals surface area contributed by atoms with Crippen molar-refractivity contribution in [1.29, 1.82) is 0 Å². The molecule has 4 aromatic rings. The number of aryl methyl sites for hydroxylation is 1. The van der Waals surface area contributed by atoms with E-state index >= 15 is 0 Å². The molecular weight excluding hydrogens is 344 g/mol. The molecule has 0 aliphatic rings. The number of aromatic amines is 1. The summed E-state index contributed by atoms with van der Waals surface area (Å²) in [6.45, 7) is 4.77. The first-order valence-corrected chi connectivity index (χ1v) is 9.45. The minimum atomic E-state index is -0.0950. The molecule has 1 atom stereocenters. The number of rotatable bonds is 3. The number of aromatic nitrogens is 1. The van der Waals surface area contributed by atoms with Crippen molar-refractivity contribution in [3.63, 3.8) is 0 Å². The molecule has 4 rings (SSSR count). The lowest BCUT2D eigenvalue weighted by Gasteiger charge is -2.16. The molecule has 0 spiro atoms. The van der Waals surface area contributed by atoms with Gasteiger partial charge >= 0.3 is 0 Å². The van der Waals surface area contributed by atoms with Gasteiger partial charge in [-0.1, -0.05) is 25.1 Å². The number of H-pyrrole nitrogens is 1. The Bertz CT molecular complexity index is 1190. The molecule has 5 heteroatoms. The van der Waals surface area contributed by atoms with Crippen LogP contribution in [0.1, 0.15) is 24.0 Å². The summed E-state index contributed by atoms with van der Waals surface area (Å²) >= 11 is 1.41. The summed E-state index contributed by atoms with van der Waals surface area (Å²) in [6, 6.07) is 11.5. The van der Waals surface area contributed by atoms with Gasteiger partial charge in [0.1, 0.15) is 10.4 Å². The van der Waals surface area contributed by atoms with Gasteiger partial charge in [-0.3, -0.25) is 4.79 Å². The van der Waals surface area contributed by atoms with E-state index in [2.05, 4.69) is 31.0 Å². The number of benzene rings is 2. The summed E-state index contributed by atoms with van der Waals surface area (Å²) in [5.74, 6) is 0.487. The molecule has 4 N–H and O–H groups in total. The zero-order chi connectivity index (χ0) is 18.4. The van der Waals surface area contributed by atoms with Gasteiger partial charge in [0.25, 0.3) is 5.56 Å². The smallest absolute Gasteiger partial charge is 0.266 e. The van der Waals surface area contributed by atoms with E-state index in [4.69, 9.17) is 5.73 Å². The largest absolute Gasteiger partial charge is 0.507 e. The second-order valence-electron chi connectivity index (χ2n) is 6.71. The van der Waals surface area contributed by atoms with Crippen molar-refractivity contribution in [1.82, 2.24) is 4.98 Å². The Labute approximate surface area is 154 Å². The van der Waals surface area contributed by atoms with Gasteiger partial charge in [0.05, 0.1) is 0 Å². The second kappa shape index (κ2) is 6.27. The van der Waals surface area contributed by atoms with Gasteiger partial charge in [-0.05, 0) is 59.7 Å². The summed E-state index contributed by atoms with van der Waals surface area (Å²) < 4.78 is 0.675. The van der Waals surface area contributed by atoms with Crippen molar-refractivity contribution >= 4 is 32.3 Å². The Morgan fingerprint density at radius 2 is 2.04 bits per heavy atom. The van der Waals surface area contributed by atoms with Crippen molar-refractivity contribution in [2.45, 2.75) is 19.8 Å². The number of aromatic hydroxyl groups is 1. The number of hydrogen-bond donors (Lipinski definition) is 3. The van der Waals surface area contributed by atoms with Gasteiger partial charge in [-0.2, -0.15) is 0 Å². The molecule has 0 fully saturated rings. The fourth-order valence-electron chi connectivity index (χ4n) is 3.64. The molecule has 4 nitrogen and oxygen atoms in total. The first-order chi connectivity index (χ1) is 12.5. The first-order valence-electron chi connectivity index (χ1n) is 8.57. The summed E-state index contributed by atoms with van der Waals surface area (Å²) in [5.41, 5.74) is 10.5. The lowest BCUT2D eigenvalue weighted by Crippen LogP contribution is -2.10. The van der Waals surface area contributed by atoms with E-state index in [-0.39, 0.29) is 17.2 Å². The van der Waals surface area contributed by atoms with E-state index < -0.39 is 0 Å². The second-order valence-corrected chi connectivity index (χ2v) is 7.62. The van der Waals surface area contributed by atoms with Crippen molar-refractivity contribution in [2.75, 3.05) is 6.54 Å². The minimum absolute atomic E-state index is 0.0950. The Hall–Kier alpha value is -2.63. The van der Waals surface area contributed by atoms with Gasteiger partial charge in [-0.15, -0.1) is 11.3 Å². The number of nitrogens with one attached hydrogen (secondary N) is 1. The maximum absolute atomic E-state index is 12.3. The highest BCUT2D eigenvalue weighted by atomic mass is 32.1. The zero-order valence-electron chi connectivity index (χ0n) is 14.7. The normalized spacial score (nSPS) is 12.7. The first kappa shape index (κ1) is 16.8. The van der Waals surface area contributed by atoms with Gasteiger partial charge in [0, 0.05) is 21.9 Å². The van der Waals surface area contributed by atoms with E-state index in [1.807, 2.05) is 17.5 Å². The number of thiophene rings is 1. The van der Waals surface area contributed by atoms with Gasteiger partial charge in [0.15, 0.2) is 0 Å². The summed E-state index contributed by atoms with van der Waals surface area (Å²) in [7, 11) is 0. The standard InChI is InChI=1S/C21H20N2O2S/c1-11-9-13(3-4-14(11)12(2)10-22)18-17(24)6-5-16-19(18)15-7-8-26-20(15)21(25)23-16/h3-9,12,24H,10,22H2,1-2H3,(H,23,25). The molecule has 0 saturated heterocycles. The molecule has 26 heavy (non-hydrogen) atoms. The van der Waals surface area contributed by atoms with Crippen LogP contribution >= 0.6 is 11.3 Å². The summed E-state index contributed by atoms with van der Waals surface area (Å²) in [5, 5.41) is 14.3. The van der Waals surface area contributed by atoms with Crippen LogP contribution in [0.2, 0.25) is 0 Å². The highest BCUT2D eigenvalue weighted by Crippen LogP contribution is 2.40. The molecule has 0 saturated carbocycles. The number of pyridine rings is 1. The predicted molar refractivity (Wildman–Crippen MR) is 109 cm³/mol. The fourth-order valence-corrected chi connectivity index (χ4v) is 4.44. The highest BCUT2D eigenvalue weighted by Gasteiger charge is 2.16. The molecule has 2 aromatic heterocycles. The Kier molecular flexibility index (Phi) is 4.05. The highest BCUT2D eigenvalue weighted by molar-refractivity contribution is 7.17. The third-order valence-electron chi connectivity index (χ3n) is 5.02. The average molecular weight is 364 g/mol. The maximum Gasteiger partial charge on any atom is 0.266 e. The molecule has 1 unspecified atom stereocenters. The van der Waals surface area contributed by atoms with Crippen molar-refractivity contribution in [3.05, 3.63) is 63.3 Å². The van der Waals surface area contributed by atoms with Gasteiger partial charge < -0.3 is 15.8 Å². The van der Waals surface area contributed by atoms with Crippen LogP contribution in [0.4, 0.5) is 0 Å². The number of nitrogens with two attached hydrogens (primary N) is 1. The Balaban J connectivity index is 2.06. The van der Waals surface area contributed by atoms with Crippen molar-refractivity contribution in [2.24, 2.45) is 5.73 Å². The van der Waals surface area contributed by atoms with Crippen molar-refractivity contribution in [3.8, 4) is 16.9 Å². The SMILES string of the molecule is Cc1cc(-c2c(O)ccc3[nH]c(=O)c4sccc4c23)ccc1C(C)CN. The Morgan fingerprint density at radius 3 is 2.77 bits per heavy atom. The van der Waals surface area contributed by atoms with Gasteiger partial charge in [-0.25, -0.2) is 0 Å². The van der Waals surface area contributed by atoms with Crippen LogP contribution in [0.3, 0.4) is 0 Å². The molecular formula is C21H20N2O2S. The van der Waals surface area contributed by atoms with E-state index in [1.54, 1.807) is 12.1 Å². The predicted octanol–water partition coefficient (Wildman–Crippen LogP) is 4.49. The quantitative estimate of drug-likeness (QED) is 0.501. The maximum atomic E-state index is 12.3.